The first-order valence-electron chi connectivity index (χ1n) is 9.91. The number of nitrogens with one attached hydrogen (secondary N) is 3. The van der Waals surface area contributed by atoms with Crippen molar-refractivity contribution in [2.75, 3.05) is 17.7 Å². The minimum atomic E-state index is -0.478. The largest absolute Gasteiger partial charge is 0.309 e. The van der Waals surface area contributed by atoms with Gasteiger partial charge in [0, 0.05) is 11.8 Å². The summed E-state index contributed by atoms with van der Waals surface area (Å²) in [4.78, 5) is 37.9. The fraction of sp³-hybridized carbons (Fsp3) is 0.136. The average Bonchev–Trinajstić information content (AvgIpc) is 3.24. The molecule has 0 saturated carbocycles. The molecule has 2 amide bonds. The summed E-state index contributed by atoms with van der Waals surface area (Å²) in [5.41, 5.74) is 2.12. The molecule has 4 aromatic heterocycles. The van der Waals surface area contributed by atoms with Gasteiger partial charge in [0.25, 0.3) is 5.91 Å². The lowest BCUT2D eigenvalue weighted by atomic mass is 10.2. The summed E-state index contributed by atoms with van der Waals surface area (Å²) in [6.45, 7) is 1.72. The maximum Gasteiger partial charge on any atom is 0.275 e. The van der Waals surface area contributed by atoms with Crippen LogP contribution < -0.4 is 16.0 Å². The molecule has 9 nitrogen and oxygen atoms in total. The summed E-state index contributed by atoms with van der Waals surface area (Å²) in [6, 6.07) is 11.3. The molecule has 4 heterocycles. The van der Waals surface area contributed by atoms with E-state index in [2.05, 4.69) is 30.9 Å². The highest BCUT2D eigenvalue weighted by atomic mass is 35.5. The van der Waals surface area contributed by atoms with Gasteiger partial charge in [0.1, 0.15) is 28.1 Å². The van der Waals surface area contributed by atoms with Crippen molar-refractivity contribution in [1.29, 1.82) is 0 Å². The van der Waals surface area contributed by atoms with Crippen LogP contribution in [-0.4, -0.2) is 44.3 Å². The van der Waals surface area contributed by atoms with E-state index in [1.165, 1.54) is 12.3 Å². The van der Waals surface area contributed by atoms with Crippen LogP contribution in [0, 0.1) is 0 Å². The second-order valence-electron chi connectivity index (χ2n) is 7.13. The maximum absolute atomic E-state index is 12.7. The van der Waals surface area contributed by atoms with E-state index < -0.39 is 11.9 Å². The van der Waals surface area contributed by atoms with E-state index >= 15 is 0 Å². The number of pyridine rings is 3. The van der Waals surface area contributed by atoms with Crippen molar-refractivity contribution >= 4 is 52.3 Å². The smallest absolute Gasteiger partial charge is 0.275 e. The minimum absolute atomic E-state index is 0.166. The van der Waals surface area contributed by atoms with Crippen LogP contribution in [0.2, 0.25) is 10.2 Å². The number of imidazole rings is 1. The molecule has 33 heavy (non-hydrogen) atoms. The normalized spacial score (nSPS) is 11.9. The molecule has 0 fully saturated rings. The fourth-order valence-corrected chi connectivity index (χ4v) is 3.42. The third-order valence-electron chi connectivity index (χ3n) is 4.88. The standard InChI is InChI=1S/C22H19Cl2N7O2/c1-12(25-2)21(32)29-18-8-13(16-11-27-20-5-3-4-17(24)31(16)20)9-19(28-18)30-22(33)15-7-6-14(23)10-26-15/h3-12,25H,1-2H3,(H2,28,29,30,32,33). The first kappa shape index (κ1) is 22.7. The Morgan fingerprint density at radius 1 is 1.00 bits per heavy atom. The lowest BCUT2D eigenvalue weighted by molar-refractivity contribution is -0.117. The highest BCUT2D eigenvalue weighted by molar-refractivity contribution is 6.30. The van der Waals surface area contributed by atoms with Gasteiger partial charge in [0.05, 0.1) is 23.0 Å². The van der Waals surface area contributed by atoms with Crippen molar-refractivity contribution in [3.63, 3.8) is 0 Å². The number of carbonyl (C=O) groups excluding carboxylic acids is 2. The summed E-state index contributed by atoms with van der Waals surface area (Å²) in [6.07, 6.45) is 3.04. The Morgan fingerprint density at radius 3 is 2.45 bits per heavy atom. The molecule has 3 N–H and O–H groups in total. The lowest BCUT2D eigenvalue weighted by Crippen LogP contribution is -2.35. The van der Waals surface area contributed by atoms with Gasteiger partial charge in [0.15, 0.2) is 0 Å². The van der Waals surface area contributed by atoms with Crippen molar-refractivity contribution in [1.82, 2.24) is 24.7 Å². The number of likely N-dealkylation sites (N-methyl/N-ethyl adjacent to an activating group) is 1. The van der Waals surface area contributed by atoms with Crippen LogP contribution in [0.3, 0.4) is 0 Å². The van der Waals surface area contributed by atoms with Crippen LogP contribution >= 0.6 is 23.2 Å². The van der Waals surface area contributed by atoms with E-state index in [9.17, 15) is 9.59 Å². The number of amides is 2. The summed E-state index contributed by atoms with van der Waals surface area (Å²) < 4.78 is 1.76. The van der Waals surface area contributed by atoms with Crippen molar-refractivity contribution in [2.45, 2.75) is 13.0 Å². The Bertz CT molecular complexity index is 1340. The second-order valence-corrected chi connectivity index (χ2v) is 7.95. The first-order valence-corrected chi connectivity index (χ1v) is 10.7. The SMILES string of the molecule is CNC(C)C(=O)Nc1cc(-c2cnc3cccc(Cl)n23)cc(NC(=O)c2ccc(Cl)cn2)n1. The number of aromatic nitrogens is 4. The third kappa shape index (κ3) is 4.95. The number of anilines is 2. The van der Waals surface area contributed by atoms with E-state index in [1.54, 1.807) is 54.9 Å². The Hall–Kier alpha value is -3.53. The summed E-state index contributed by atoms with van der Waals surface area (Å²) in [5.74, 6) is -0.298. The fourth-order valence-electron chi connectivity index (χ4n) is 3.06. The number of hydrogen-bond acceptors (Lipinski definition) is 6. The van der Waals surface area contributed by atoms with Crippen molar-refractivity contribution < 1.29 is 9.59 Å². The third-order valence-corrected chi connectivity index (χ3v) is 5.40. The molecule has 0 spiro atoms. The Kier molecular flexibility index (Phi) is 6.55. The highest BCUT2D eigenvalue weighted by Gasteiger charge is 2.17. The number of fused-ring (bicyclic) bond motifs is 1. The van der Waals surface area contributed by atoms with Crippen LogP contribution in [0.5, 0.6) is 0 Å². The topological polar surface area (TPSA) is 113 Å². The summed E-state index contributed by atoms with van der Waals surface area (Å²) in [7, 11) is 1.68. The molecule has 1 unspecified atom stereocenters. The predicted molar refractivity (Wildman–Crippen MR) is 128 cm³/mol. The van der Waals surface area contributed by atoms with Gasteiger partial charge in [-0.2, -0.15) is 0 Å². The van der Waals surface area contributed by atoms with E-state index in [-0.39, 0.29) is 23.2 Å². The van der Waals surface area contributed by atoms with Crippen LogP contribution in [0.25, 0.3) is 16.9 Å². The van der Waals surface area contributed by atoms with Crippen LogP contribution in [0.4, 0.5) is 11.6 Å². The lowest BCUT2D eigenvalue weighted by Gasteiger charge is -2.14. The van der Waals surface area contributed by atoms with Gasteiger partial charge in [0.2, 0.25) is 5.91 Å². The molecule has 0 aliphatic carbocycles. The zero-order valence-corrected chi connectivity index (χ0v) is 19.1. The summed E-state index contributed by atoms with van der Waals surface area (Å²) >= 11 is 12.2. The predicted octanol–water partition coefficient (Wildman–Crippen LogP) is 3.90. The van der Waals surface area contributed by atoms with Gasteiger partial charge in [-0.25, -0.2) is 15.0 Å². The number of halogens is 2. The average molecular weight is 484 g/mol. The van der Waals surface area contributed by atoms with Crippen LogP contribution in [-0.2, 0) is 4.79 Å². The molecule has 4 aromatic rings. The monoisotopic (exact) mass is 483 g/mol. The molecule has 0 aliphatic heterocycles. The second kappa shape index (κ2) is 9.53. The quantitative estimate of drug-likeness (QED) is 0.358. The Labute approximate surface area is 199 Å². The maximum atomic E-state index is 12.7. The van der Waals surface area contributed by atoms with Gasteiger partial charge in [-0.1, -0.05) is 29.3 Å². The Balaban J connectivity index is 1.75. The van der Waals surface area contributed by atoms with Gasteiger partial charge in [-0.05, 0) is 50.4 Å². The zero-order valence-electron chi connectivity index (χ0n) is 17.6. The molecule has 0 saturated heterocycles. The van der Waals surface area contributed by atoms with Crippen molar-refractivity contribution in [3.05, 3.63) is 70.7 Å². The minimum Gasteiger partial charge on any atom is -0.309 e. The molecule has 11 heteroatoms. The first-order chi connectivity index (χ1) is 15.9. The Morgan fingerprint density at radius 2 is 1.76 bits per heavy atom. The zero-order chi connectivity index (χ0) is 23.5. The molecular weight excluding hydrogens is 465 g/mol. The van der Waals surface area contributed by atoms with E-state index in [0.717, 1.165) is 0 Å². The molecule has 0 bridgehead atoms. The molecule has 1 atom stereocenters. The molecular formula is C22H19Cl2N7O2. The van der Waals surface area contributed by atoms with E-state index in [1.807, 2.05) is 6.07 Å². The van der Waals surface area contributed by atoms with E-state index in [0.29, 0.717) is 27.1 Å². The van der Waals surface area contributed by atoms with Crippen LogP contribution in [0.1, 0.15) is 17.4 Å². The van der Waals surface area contributed by atoms with Crippen LogP contribution in [0.15, 0.2) is 54.9 Å². The number of rotatable bonds is 6. The van der Waals surface area contributed by atoms with Gasteiger partial charge < -0.3 is 16.0 Å². The molecule has 0 radical (unpaired) electrons. The molecule has 0 aliphatic rings. The van der Waals surface area contributed by atoms with Crippen molar-refractivity contribution in [2.24, 2.45) is 0 Å². The highest BCUT2D eigenvalue weighted by Crippen LogP contribution is 2.28. The molecule has 4 rings (SSSR count). The van der Waals surface area contributed by atoms with E-state index in [4.69, 9.17) is 23.2 Å². The number of carbonyl (C=O) groups is 2. The van der Waals surface area contributed by atoms with Gasteiger partial charge >= 0.3 is 0 Å². The number of nitrogens with zero attached hydrogens (tertiary/aromatic N) is 4. The molecule has 0 aromatic carbocycles. The summed E-state index contributed by atoms with van der Waals surface area (Å²) in [5, 5.41) is 9.22. The van der Waals surface area contributed by atoms with Gasteiger partial charge in [-0.3, -0.25) is 14.0 Å². The van der Waals surface area contributed by atoms with Crippen molar-refractivity contribution in [3.8, 4) is 11.3 Å². The molecule has 168 valence electrons. The van der Waals surface area contributed by atoms with Gasteiger partial charge in [-0.15, -0.1) is 0 Å². The number of hydrogen-bond donors (Lipinski definition) is 3.